The third-order valence-corrected chi connectivity index (χ3v) is 10.2. The lowest BCUT2D eigenvalue weighted by atomic mass is 9.75. The molecule has 2 heterocycles. The summed E-state index contributed by atoms with van der Waals surface area (Å²) >= 11 is 0. The molecule has 9 atom stereocenters. The fourth-order valence-electron chi connectivity index (χ4n) is 8.10. The molecule has 200 valence electrons. The Morgan fingerprint density at radius 1 is 0.886 bits per heavy atom. The first-order chi connectivity index (χ1) is 16.9. The zero-order chi connectivity index (χ0) is 24.5. The molecule has 3 saturated carbocycles. The van der Waals surface area contributed by atoms with Crippen LogP contribution in [0.3, 0.4) is 0 Å². The van der Waals surface area contributed by atoms with Crippen molar-refractivity contribution in [3.63, 3.8) is 0 Å². The number of ether oxygens (including phenoxy) is 1. The third kappa shape index (κ3) is 5.59. The summed E-state index contributed by atoms with van der Waals surface area (Å²) in [6.07, 6.45) is 9.66. The van der Waals surface area contributed by atoms with Crippen LogP contribution >= 0.6 is 0 Å². The Morgan fingerprint density at radius 2 is 1.69 bits per heavy atom. The molecule has 0 bridgehead atoms. The van der Waals surface area contributed by atoms with Crippen molar-refractivity contribution in [3.05, 3.63) is 0 Å². The molecule has 5 rings (SSSR count). The fourth-order valence-corrected chi connectivity index (χ4v) is 8.10. The van der Waals surface area contributed by atoms with Gasteiger partial charge in [-0.2, -0.15) is 0 Å². The lowest BCUT2D eigenvalue weighted by Crippen LogP contribution is -2.56. The molecule has 0 aromatic carbocycles. The molecule has 0 aromatic rings. The molecule has 3 aliphatic carbocycles. The largest absolute Gasteiger partial charge is 0.393 e. The summed E-state index contributed by atoms with van der Waals surface area (Å²) in [4.78, 5) is 18.5. The van der Waals surface area contributed by atoms with Crippen molar-refractivity contribution in [2.24, 2.45) is 29.6 Å². The first-order valence-electron chi connectivity index (χ1n) is 14.6. The molecule has 0 spiro atoms. The molecule has 5 aliphatic rings. The van der Waals surface area contributed by atoms with Gasteiger partial charge in [-0.1, -0.05) is 32.6 Å². The molecule has 7 nitrogen and oxygen atoms in total. The van der Waals surface area contributed by atoms with E-state index in [0.29, 0.717) is 30.4 Å². The highest BCUT2D eigenvalue weighted by Gasteiger charge is 2.51. The molecule has 0 radical (unpaired) electrons. The van der Waals surface area contributed by atoms with E-state index in [9.17, 15) is 20.1 Å². The second-order valence-corrected chi connectivity index (χ2v) is 12.5. The minimum absolute atomic E-state index is 0.0247. The van der Waals surface area contributed by atoms with Gasteiger partial charge in [0.2, 0.25) is 5.91 Å². The van der Waals surface area contributed by atoms with Gasteiger partial charge in [0.1, 0.15) is 0 Å². The van der Waals surface area contributed by atoms with Gasteiger partial charge in [0.25, 0.3) is 0 Å². The van der Waals surface area contributed by atoms with E-state index < -0.39 is 24.2 Å². The van der Waals surface area contributed by atoms with Crippen LogP contribution in [-0.4, -0.2) is 94.3 Å². The minimum atomic E-state index is -0.860. The number of hydrogen-bond donors (Lipinski definition) is 3. The molecular formula is C28H48N2O5. The number of fused-ring (bicyclic) bond motifs is 1. The first-order valence-corrected chi connectivity index (χ1v) is 14.6. The summed E-state index contributed by atoms with van der Waals surface area (Å²) in [5.74, 6) is 0.747. The van der Waals surface area contributed by atoms with Gasteiger partial charge < -0.3 is 25.0 Å². The highest BCUT2D eigenvalue weighted by molar-refractivity contribution is 5.80. The monoisotopic (exact) mass is 492 g/mol. The number of aliphatic hydroxyl groups is 3. The highest BCUT2D eigenvalue weighted by Crippen LogP contribution is 2.42. The van der Waals surface area contributed by atoms with Gasteiger partial charge in [-0.15, -0.1) is 0 Å². The van der Waals surface area contributed by atoms with Crippen LogP contribution in [0.1, 0.15) is 77.6 Å². The maximum Gasteiger partial charge on any atom is 0.230 e. The zero-order valence-corrected chi connectivity index (χ0v) is 21.6. The number of amides is 1. The van der Waals surface area contributed by atoms with Crippen LogP contribution in [0.25, 0.3) is 0 Å². The SMILES string of the molecule is CC1C(O)CC(O)C(C(=O)N2CC3CCCC(N4CCCC(O)C4)C3C2)C1OCC1CCCCC1. The maximum absolute atomic E-state index is 14.0. The van der Waals surface area contributed by atoms with E-state index >= 15 is 0 Å². The Morgan fingerprint density at radius 3 is 2.46 bits per heavy atom. The second-order valence-electron chi connectivity index (χ2n) is 12.5. The molecule has 9 unspecified atom stereocenters. The number of carbonyl (C=O) groups excluding carboxylic acids is 1. The van der Waals surface area contributed by atoms with Gasteiger partial charge in [0.15, 0.2) is 0 Å². The van der Waals surface area contributed by atoms with Crippen LogP contribution in [0.2, 0.25) is 0 Å². The highest BCUT2D eigenvalue weighted by atomic mass is 16.5. The van der Waals surface area contributed by atoms with E-state index in [0.717, 1.165) is 51.9 Å². The van der Waals surface area contributed by atoms with Crippen LogP contribution in [0, 0.1) is 29.6 Å². The van der Waals surface area contributed by atoms with E-state index in [1.165, 1.54) is 38.5 Å². The van der Waals surface area contributed by atoms with E-state index in [4.69, 9.17) is 4.74 Å². The Balaban J connectivity index is 1.27. The van der Waals surface area contributed by atoms with Crippen LogP contribution in [0.5, 0.6) is 0 Å². The molecule has 1 amide bonds. The lowest BCUT2D eigenvalue weighted by Gasteiger charge is -2.44. The number of nitrogens with zero attached hydrogens (tertiary/aromatic N) is 2. The molecule has 3 N–H and O–H groups in total. The van der Waals surface area contributed by atoms with Crippen molar-refractivity contribution >= 4 is 5.91 Å². The minimum Gasteiger partial charge on any atom is -0.393 e. The average molecular weight is 493 g/mol. The van der Waals surface area contributed by atoms with Gasteiger partial charge in [0.05, 0.1) is 30.3 Å². The molecule has 35 heavy (non-hydrogen) atoms. The zero-order valence-electron chi connectivity index (χ0n) is 21.6. The van der Waals surface area contributed by atoms with Crippen LogP contribution in [0.15, 0.2) is 0 Å². The fraction of sp³-hybridized carbons (Fsp3) is 0.964. The van der Waals surface area contributed by atoms with Gasteiger partial charge in [0, 0.05) is 44.6 Å². The third-order valence-electron chi connectivity index (χ3n) is 10.2. The van der Waals surface area contributed by atoms with E-state index in [1.807, 2.05) is 11.8 Å². The summed E-state index contributed by atoms with van der Waals surface area (Å²) in [7, 11) is 0. The first kappa shape index (κ1) is 25.9. The van der Waals surface area contributed by atoms with Gasteiger partial charge >= 0.3 is 0 Å². The summed E-state index contributed by atoms with van der Waals surface area (Å²) in [6, 6.07) is 0.442. The molecule has 0 aromatic heterocycles. The predicted octanol–water partition coefficient (Wildman–Crippen LogP) is 2.41. The van der Waals surface area contributed by atoms with Crippen molar-refractivity contribution in [2.45, 2.75) is 108 Å². The summed E-state index contributed by atoms with van der Waals surface area (Å²) in [5.41, 5.74) is 0. The van der Waals surface area contributed by atoms with Crippen LogP contribution in [0.4, 0.5) is 0 Å². The lowest BCUT2D eigenvalue weighted by molar-refractivity contribution is -0.169. The summed E-state index contributed by atoms with van der Waals surface area (Å²) in [6.45, 7) is 5.93. The quantitative estimate of drug-likeness (QED) is 0.546. The number of aliphatic hydroxyl groups excluding tert-OH is 3. The summed E-state index contributed by atoms with van der Waals surface area (Å²) in [5, 5.41) is 31.9. The van der Waals surface area contributed by atoms with Crippen molar-refractivity contribution < 1.29 is 24.9 Å². The Kier molecular flexibility index (Phi) is 8.39. The van der Waals surface area contributed by atoms with Crippen LogP contribution < -0.4 is 0 Å². The van der Waals surface area contributed by atoms with Crippen molar-refractivity contribution in [1.29, 1.82) is 0 Å². The second kappa shape index (κ2) is 11.3. The van der Waals surface area contributed by atoms with E-state index in [-0.39, 0.29) is 24.3 Å². The number of likely N-dealkylation sites (tertiary alicyclic amines) is 2. The van der Waals surface area contributed by atoms with Crippen molar-refractivity contribution in [1.82, 2.24) is 9.80 Å². The number of rotatable bonds is 5. The molecular weight excluding hydrogens is 444 g/mol. The van der Waals surface area contributed by atoms with Gasteiger partial charge in [-0.05, 0) is 62.8 Å². The van der Waals surface area contributed by atoms with Crippen LogP contribution in [-0.2, 0) is 9.53 Å². The number of hydrogen-bond acceptors (Lipinski definition) is 6. The Labute approximate surface area is 211 Å². The van der Waals surface area contributed by atoms with Crippen molar-refractivity contribution in [2.75, 3.05) is 32.8 Å². The van der Waals surface area contributed by atoms with Gasteiger partial charge in [-0.25, -0.2) is 0 Å². The van der Waals surface area contributed by atoms with E-state index in [1.54, 1.807) is 0 Å². The Hall–Kier alpha value is -0.730. The number of β-amino-alcohol motifs (C(OH)–C–C–N with tert-alkyl or cyclic N) is 1. The molecule has 2 aliphatic heterocycles. The smallest absolute Gasteiger partial charge is 0.230 e. The molecule has 7 heteroatoms. The van der Waals surface area contributed by atoms with E-state index in [2.05, 4.69) is 4.90 Å². The molecule has 2 saturated heterocycles. The molecule has 5 fully saturated rings. The summed E-state index contributed by atoms with van der Waals surface area (Å²) < 4.78 is 6.41. The average Bonchev–Trinajstić information content (AvgIpc) is 3.30. The normalized spacial score (nSPS) is 43.8. The Bertz CT molecular complexity index is 715. The topological polar surface area (TPSA) is 93.5 Å². The maximum atomic E-state index is 14.0. The number of piperidine rings is 1. The van der Waals surface area contributed by atoms with Crippen molar-refractivity contribution in [3.8, 4) is 0 Å². The number of carbonyl (C=O) groups is 1. The van der Waals surface area contributed by atoms with Gasteiger partial charge in [-0.3, -0.25) is 9.69 Å². The predicted molar refractivity (Wildman–Crippen MR) is 134 cm³/mol. The standard InChI is InChI=1S/C28H48N2O5/c1-18-24(32)13-25(33)26(27(18)35-17-19-7-3-2-4-8-19)28(34)30-14-20-9-5-11-23(22(20)16-30)29-12-6-10-21(31)15-29/h18-27,31-33H,2-17H2,1H3.